The molecule has 0 bridgehead atoms. The molecule has 0 aliphatic rings. The van der Waals surface area contributed by atoms with Crippen LogP contribution in [0.15, 0.2) is 42.5 Å². The van der Waals surface area contributed by atoms with Crippen molar-refractivity contribution >= 4 is 16.7 Å². The van der Waals surface area contributed by atoms with E-state index < -0.39 is 0 Å². The molecule has 0 atom stereocenters. The molecule has 2 rings (SSSR count). The van der Waals surface area contributed by atoms with Gasteiger partial charge in [0.1, 0.15) is 5.75 Å². The Morgan fingerprint density at radius 2 is 1.82 bits per heavy atom. The summed E-state index contributed by atoms with van der Waals surface area (Å²) in [6, 6.07) is 13.8. The predicted octanol–water partition coefficient (Wildman–Crippen LogP) is 2.85. The average Bonchev–Trinajstić information content (AvgIpc) is 2.58. The first kappa shape index (κ1) is 16.3. The van der Waals surface area contributed by atoms with E-state index in [1.54, 1.807) is 0 Å². The van der Waals surface area contributed by atoms with E-state index in [1.807, 2.05) is 56.3 Å². The lowest BCUT2D eigenvalue weighted by molar-refractivity contribution is -0.125. The number of fused-ring (bicyclic) bond motifs is 1. The molecule has 0 aliphatic heterocycles. The normalized spacial score (nSPS) is 11.4. The van der Waals surface area contributed by atoms with Crippen molar-refractivity contribution in [1.29, 1.82) is 0 Å². The summed E-state index contributed by atoms with van der Waals surface area (Å²) in [5, 5.41) is 5.11. The summed E-state index contributed by atoms with van der Waals surface area (Å²) in [5.41, 5.74) is 5.47. The number of rotatable bonds is 7. The SMILES string of the molecule is CCC(CC)(CN)NC(=O)COc1cccc2ccccc12. The minimum Gasteiger partial charge on any atom is -0.483 e. The molecule has 0 spiro atoms. The van der Waals surface area contributed by atoms with Crippen molar-refractivity contribution in [2.24, 2.45) is 5.73 Å². The number of ether oxygens (including phenoxy) is 1. The topological polar surface area (TPSA) is 64.3 Å². The number of amides is 1. The van der Waals surface area contributed by atoms with Gasteiger partial charge in [0.25, 0.3) is 5.91 Å². The second kappa shape index (κ2) is 7.27. The molecule has 0 saturated heterocycles. The average molecular weight is 300 g/mol. The van der Waals surface area contributed by atoms with Gasteiger partial charge in [0.15, 0.2) is 6.61 Å². The van der Waals surface area contributed by atoms with Gasteiger partial charge < -0.3 is 15.8 Å². The van der Waals surface area contributed by atoms with E-state index in [1.165, 1.54) is 0 Å². The van der Waals surface area contributed by atoms with Gasteiger partial charge in [-0.1, -0.05) is 50.2 Å². The van der Waals surface area contributed by atoms with Crippen molar-refractivity contribution in [2.45, 2.75) is 32.2 Å². The van der Waals surface area contributed by atoms with Crippen LogP contribution in [0.25, 0.3) is 10.8 Å². The highest BCUT2D eigenvalue weighted by Gasteiger charge is 2.26. The summed E-state index contributed by atoms with van der Waals surface area (Å²) in [6.07, 6.45) is 1.61. The summed E-state index contributed by atoms with van der Waals surface area (Å²) >= 11 is 0. The first-order valence-electron chi connectivity index (χ1n) is 7.75. The number of carbonyl (C=O) groups excluding carboxylic acids is 1. The Kier molecular flexibility index (Phi) is 5.39. The molecule has 1 amide bonds. The fraction of sp³-hybridized carbons (Fsp3) is 0.389. The van der Waals surface area contributed by atoms with Gasteiger partial charge in [-0.15, -0.1) is 0 Å². The summed E-state index contributed by atoms with van der Waals surface area (Å²) in [5.74, 6) is 0.585. The second-order valence-electron chi connectivity index (χ2n) is 5.51. The highest BCUT2D eigenvalue weighted by molar-refractivity contribution is 5.88. The first-order valence-corrected chi connectivity index (χ1v) is 7.75. The molecule has 0 aromatic heterocycles. The lowest BCUT2D eigenvalue weighted by Crippen LogP contribution is -2.54. The Labute approximate surface area is 131 Å². The molecule has 0 fully saturated rings. The Bertz CT molecular complexity index is 622. The quantitative estimate of drug-likeness (QED) is 0.826. The van der Waals surface area contributed by atoms with Gasteiger partial charge >= 0.3 is 0 Å². The van der Waals surface area contributed by atoms with Crippen LogP contribution in [0.1, 0.15) is 26.7 Å². The van der Waals surface area contributed by atoms with Crippen LogP contribution in [0.5, 0.6) is 5.75 Å². The third-order valence-electron chi connectivity index (χ3n) is 4.26. The molecule has 0 aliphatic carbocycles. The zero-order valence-electron chi connectivity index (χ0n) is 13.3. The maximum atomic E-state index is 12.2. The molecule has 3 N–H and O–H groups in total. The molecule has 0 saturated carbocycles. The molecular formula is C18H24N2O2. The van der Waals surface area contributed by atoms with Gasteiger partial charge in [0.05, 0.1) is 5.54 Å². The fourth-order valence-electron chi connectivity index (χ4n) is 2.56. The van der Waals surface area contributed by atoms with Crippen LogP contribution in [-0.4, -0.2) is 24.6 Å². The zero-order valence-corrected chi connectivity index (χ0v) is 13.3. The van der Waals surface area contributed by atoms with Gasteiger partial charge in [0, 0.05) is 11.9 Å². The fourth-order valence-corrected chi connectivity index (χ4v) is 2.56. The predicted molar refractivity (Wildman–Crippen MR) is 90.0 cm³/mol. The van der Waals surface area contributed by atoms with Crippen LogP contribution in [0.4, 0.5) is 0 Å². The van der Waals surface area contributed by atoms with Crippen molar-refractivity contribution < 1.29 is 9.53 Å². The molecule has 22 heavy (non-hydrogen) atoms. The van der Waals surface area contributed by atoms with Gasteiger partial charge in [-0.3, -0.25) is 4.79 Å². The van der Waals surface area contributed by atoms with Gasteiger partial charge in [-0.25, -0.2) is 0 Å². The third-order valence-corrected chi connectivity index (χ3v) is 4.26. The van der Waals surface area contributed by atoms with Crippen LogP contribution in [0.2, 0.25) is 0 Å². The van der Waals surface area contributed by atoms with Gasteiger partial charge in [-0.2, -0.15) is 0 Å². The van der Waals surface area contributed by atoms with E-state index in [-0.39, 0.29) is 18.1 Å². The van der Waals surface area contributed by atoms with Crippen LogP contribution in [-0.2, 0) is 4.79 Å². The number of benzene rings is 2. The molecule has 4 nitrogen and oxygen atoms in total. The molecule has 2 aromatic rings. The van der Waals surface area contributed by atoms with E-state index >= 15 is 0 Å². The second-order valence-corrected chi connectivity index (χ2v) is 5.51. The zero-order chi connectivity index (χ0) is 16.0. The molecule has 2 aromatic carbocycles. The van der Waals surface area contributed by atoms with Crippen molar-refractivity contribution in [2.75, 3.05) is 13.2 Å². The van der Waals surface area contributed by atoms with E-state index in [0.717, 1.165) is 29.4 Å². The molecule has 4 heteroatoms. The number of nitrogens with two attached hydrogens (primary N) is 1. The largest absolute Gasteiger partial charge is 0.483 e. The Hall–Kier alpha value is -2.07. The lowest BCUT2D eigenvalue weighted by Gasteiger charge is -2.31. The number of hydrogen-bond acceptors (Lipinski definition) is 3. The first-order chi connectivity index (χ1) is 10.6. The third kappa shape index (κ3) is 3.57. The van der Waals surface area contributed by atoms with Crippen molar-refractivity contribution in [1.82, 2.24) is 5.32 Å². The number of hydrogen-bond donors (Lipinski definition) is 2. The molecule has 118 valence electrons. The Morgan fingerprint density at radius 3 is 2.50 bits per heavy atom. The highest BCUT2D eigenvalue weighted by atomic mass is 16.5. The van der Waals surface area contributed by atoms with Gasteiger partial charge in [-0.05, 0) is 24.3 Å². The summed E-state index contributed by atoms with van der Waals surface area (Å²) < 4.78 is 5.71. The summed E-state index contributed by atoms with van der Waals surface area (Å²) in [6.45, 7) is 4.49. The Morgan fingerprint density at radius 1 is 1.14 bits per heavy atom. The van der Waals surface area contributed by atoms with Crippen LogP contribution < -0.4 is 15.8 Å². The van der Waals surface area contributed by atoms with E-state index in [2.05, 4.69) is 5.32 Å². The van der Waals surface area contributed by atoms with Crippen LogP contribution in [0, 0.1) is 0 Å². The van der Waals surface area contributed by atoms with Gasteiger partial charge in [0.2, 0.25) is 0 Å². The number of nitrogens with one attached hydrogen (secondary N) is 1. The van der Waals surface area contributed by atoms with Crippen molar-refractivity contribution in [3.63, 3.8) is 0 Å². The van der Waals surface area contributed by atoms with Crippen molar-refractivity contribution in [3.05, 3.63) is 42.5 Å². The highest BCUT2D eigenvalue weighted by Crippen LogP contribution is 2.25. The van der Waals surface area contributed by atoms with E-state index in [9.17, 15) is 4.79 Å². The monoisotopic (exact) mass is 300 g/mol. The Balaban J connectivity index is 2.04. The molecule has 0 unspecified atom stereocenters. The molecule has 0 radical (unpaired) electrons. The van der Waals surface area contributed by atoms with E-state index in [4.69, 9.17) is 10.5 Å². The molecule has 0 heterocycles. The van der Waals surface area contributed by atoms with Crippen LogP contribution in [0.3, 0.4) is 0 Å². The lowest BCUT2D eigenvalue weighted by atomic mass is 9.93. The molecular weight excluding hydrogens is 276 g/mol. The maximum absolute atomic E-state index is 12.2. The van der Waals surface area contributed by atoms with E-state index in [0.29, 0.717) is 6.54 Å². The smallest absolute Gasteiger partial charge is 0.258 e. The maximum Gasteiger partial charge on any atom is 0.258 e. The summed E-state index contributed by atoms with van der Waals surface area (Å²) in [4.78, 5) is 12.2. The van der Waals surface area contributed by atoms with Crippen LogP contribution >= 0.6 is 0 Å². The minimum absolute atomic E-state index is 0.00421. The standard InChI is InChI=1S/C18H24N2O2/c1-3-18(4-2,13-19)20-17(21)12-22-16-11-7-9-14-8-5-6-10-15(14)16/h5-11H,3-4,12-13,19H2,1-2H3,(H,20,21). The minimum atomic E-state index is -0.334. The number of carbonyl (C=O) groups is 1. The summed E-state index contributed by atoms with van der Waals surface area (Å²) in [7, 11) is 0. The van der Waals surface area contributed by atoms with Crippen molar-refractivity contribution in [3.8, 4) is 5.75 Å².